The molecule has 1 aliphatic carbocycles. The van der Waals surface area contributed by atoms with Gasteiger partial charge < -0.3 is 20.2 Å². The Labute approximate surface area is 226 Å². The summed E-state index contributed by atoms with van der Waals surface area (Å²) >= 11 is 0.708. The van der Waals surface area contributed by atoms with E-state index in [-0.39, 0.29) is 52.4 Å². The minimum absolute atomic E-state index is 0.0264. The summed E-state index contributed by atoms with van der Waals surface area (Å²) in [4.78, 5) is 36.9. The normalized spacial score (nSPS) is 18.9. The molecule has 1 aliphatic heterocycles. The van der Waals surface area contributed by atoms with Crippen LogP contribution in [0.2, 0.25) is 0 Å². The van der Waals surface area contributed by atoms with E-state index in [2.05, 4.69) is 15.3 Å². The molecule has 0 spiro atoms. The molecule has 0 radical (unpaired) electrons. The van der Waals surface area contributed by atoms with E-state index in [1.54, 1.807) is 4.90 Å². The second-order valence-electron chi connectivity index (χ2n) is 10.7. The molecule has 0 aromatic carbocycles. The number of carbonyl (C=O) groups excluding carboxylic acids is 2. The number of rotatable bonds is 8. The van der Waals surface area contributed by atoms with Gasteiger partial charge in [0.05, 0.1) is 10.5 Å². The molecule has 0 unspecified atom stereocenters. The molecular weight excluding hydrogens is 545 g/mol. The van der Waals surface area contributed by atoms with E-state index >= 15 is 0 Å². The number of pyridine rings is 1. The molecule has 2 fully saturated rings. The van der Waals surface area contributed by atoms with E-state index < -0.39 is 41.1 Å². The van der Waals surface area contributed by atoms with Gasteiger partial charge >= 0.3 is 6.18 Å². The van der Waals surface area contributed by atoms with Crippen LogP contribution in [0.5, 0.6) is 0 Å². The van der Waals surface area contributed by atoms with Crippen LogP contribution in [0.4, 0.5) is 27.8 Å². The average Bonchev–Trinajstić information content (AvgIpc) is 3.39. The minimum Gasteiger partial charge on any atom is -0.389 e. The van der Waals surface area contributed by atoms with Gasteiger partial charge in [0.2, 0.25) is 0 Å². The van der Waals surface area contributed by atoms with Crippen LogP contribution in [0.15, 0.2) is 12.3 Å². The number of hydrogen-bond donors (Lipinski definition) is 2. The number of aliphatic hydroxyl groups is 1. The van der Waals surface area contributed by atoms with Crippen molar-refractivity contribution in [3.05, 3.63) is 28.5 Å². The molecule has 8 nitrogen and oxygen atoms in total. The van der Waals surface area contributed by atoms with Gasteiger partial charge in [0.25, 0.3) is 18.2 Å². The maximum Gasteiger partial charge on any atom is 0.411 e. The average molecular weight is 576 g/mol. The Bertz CT molecular complexity index is 1260. The molecule has 2 amide bonds. The van der Waals surface area contributed by atoms with Crippen LogP contribution in [0, 0.1) is 0 Å². The van der Waals surface area contributed by atoms with Gasteiger partial charge in [-0.1, -0.05) is 0 Å². The highest BCUT2D eigenvalue weighted by molar-refractivity contribution is 7.17. The molecule has 0 bridgehead atoms. The molecule has 214 valence electrons. The zero-order chi connectivity index (χ0) is 28.9. The quantitative estimate of drug-likeness (QED) is 0.439. The van der Waals surface area contributed by atoms with Gasteiger partial charge in [0, 0.05) is 43.5 Å². The molecule has 39 heavy (non-hydrogen) atoms. The topological polar surface area (TPSA) is 98.7 Å². The Kier molecular flexibility index (Phi) is 7.67. The highest BCUT2D eigenvalue weighted by atomic mass is 32.1. The van der Waals surface area contributed by atoms with Crippen molar-refractivity contribution in [2.45, 2.75) is 76.2 Å². The molecule has 3 heterocycles. The highest BCUT2D eigenvalue weighted by Crippen LogP contribution is 2.54. The maximum atomic E-state index is 14.3. The molecular formula is C25H30F5N5O3S. The van der Waals surface area contributed by atoms with Crippen molar-refractivity contribution in [2.24, 2.45) is 0 Å². The van der Waals surface area contributed by atoms with Gasteiger partial charge in [-0.3, -0.25) is 9.59 Å². The predicted octanol–water partition coefficient (Wildman–Crippen LogP) is 4.80. The molecule has 2 N–H and O–H groups in total. The number of nitrogens with zero attached hydrogens (tertiary/aromatic N) is 4. The predicted molar refractivity (Wildman–Crippen MR) is 135 cm³/mol. The highest BCUT2D eigenvalue weighted by Gasteiger charge is 2.66. The summed E-state index contributed by atoms with van der Waals surface area (Å²) in [5.41, 5.74) is -4.41. The summed E-state index contributed by atoms with van der Waals surface area (Å²) in [5, 5.41) is 12.3. The number of amides is 2. The second kappa shape index (κ2) is 10.3. The van der Waals surface area contributed by atoms with Crippen LogP contribution in [0.1, 0.15) is 78.7 Å². The third-order valence-corrected chi connectivity index (χ3v) is 8.25. The number of thiazole rings is 1. The number of halogens is 5. The van der Waals surface area contributed by atoms with Crippen LogP contribution in [0.3, 0.4) is 0 Å². The van der Waals surface area contributed by atoms with Gasteiger partial charge in [-0.25, -0.2) is 18.7 Å². The summed E-state index contributed by atoms with van der Waals surface area (Å²) in [7, 11) is 1.17. The van der Waals surface area contributed by atoms with E-state index in [0.717, 1.165) is 30.0 Å². The van der Waals surface area contributed by atoms with Crippen molar-refractivity contribution >= 4 is 29.0 Å². The molecule has 2 aliphatic rings. The number of hydrogen-bond acceptors (Lipinski definition) is 7. The summed E-state index contributed by atoms with van der Waals surface area (Å²) in [5.74, 6) is -1.53. The first-order valence-electron chi connectivity index (χ1n) is 12.5. The molecule has 1 saturated heterocycles. The SMILES string of the molecule is C[C@H]1CCCN1C(=O)c1nc(C(=O)NCC(C)(C)O)sc1-c1cnc(N(C)C2(C(F)(F)F)CC2)cc1C(F)F. The van der Waals surface area contributed by atoms with Crippen molar-refractivity contribution in [2.75, 3.05) is 25.0 Å². The third kappa shape index (κ3) is 5.72. The Morgan fingerprint density at radius 2 is 1.97 bits per heavy atom. The number of aromatic nitrogens is 2. The Hall–Kier alpha value is -2.87. The van der Waals surface area contributed by atoms with Gasteiger partial charge in [-0.05, 0) is 52.5 Å². The van der Waals surface area contributed by atoms with E-state index in [0.29, 0.717) is 17.9 Å². The number of likely N-dealkylation sites (tertiary alicyclic amines) is 1. The third-order valence-electron chi connectivity index (χ3n) is 7.16. The fraction of sp³-hybridized carbons (Fsp3) is 0.600. The minimum atomic E-state index is -4.57. The summed E-state index contributed by atoms with van der Waals surface area (Å²) in [6, 6.07) is 0.770. The molecule has 14 heteroatoms. The van der Waals surface area contributed by atoms with Gasteiger partial charge in [0.15, 0.2) is 5.01 Å². The van der Waals surface area contributed by atoms with Crippen LogP contribution in [0.25, 0.3) is 10.4 Å². The van der Waals surface area contributed by atoms with Crippen molar-refractivity contribution in [3.63, 3.8) is 0 Å². The molecule has 4 rings (SSSR count). The van der Waals surface area contributed by atoms with Crippen LogP contribution in [-0.4, -0.2) is 75.3 Å². The zero-order valence-corrected chi connectivity index (χ0v) is 22.7. The first-order chi connectivity index (χ1) is 18.1. The largest absolute Gasteiger partial charge is 0.411 e. The van der Waals surface area contributed by atoms with E-state index in [9.17, 15) is 36.6 Å². The van der Waals surface area contributed by atoms with Crippen molar-refractivity contribution < 1.29 is 36.6 Å². The second-order valence-corrected chi connectivity index (χ2v) is 11.7. The zero-order valence-electron chi connectivity index (χ0n) is 21.9. The summed E-state index contributed by atoms with van der Waals surface area (Å²) in [6.45, 7) is 5.11. The molecule has 2 aromatic rings. The first-order valence-corrected chi connectivity index (χ1v) is 13.3. The first kappa shape index (κ1) is 29.1. The standard InChI is InChI=1S/C25H30F5N5O3S/c1-13-6-5-9-35(13)22(37)17-18(39-21(33-17)20(36)32-12-23(2,3)38)15-11-31-16(10-14(15)19(26)27)34(4)24(7-8-24)25(28,29)30/h10-11,13,19,38H,5-9,12H2,1-4H3,(H,32,36)/t13-/m0/s1. The van der Waals surface area contributed by atoms with Gasteiger partial charge in [0.1, 0.15) is 17.1 Å². The molecule has 2 aromatic heterocycles. The van der Waals surface area contributed by atoms with Gasteiger partial charge in [-0.2, -0.15) is 13.2 Å². The van der Waals surface area contributed by atoms with Gasteiger partial charge in [-0.15, -0.1) is 11.3 Å². The summed E-state index contributed by atoms with van der Waals surface area (Å²) in [6.07, 6.45) is -5.53. The lowest BCUT2D eigenvalue weighted by Gasteiger charge is -2.31. The fourth-order valence-electron chi connectivity index (χ4n) is 4.65. The van der Waals surface area contributed by atoms with Crippen molar-refractivity contribution in [1.29, 1.82) is 0 Å². The fourth-order valence-corrected chi connectivity index (χ4v) is 5.65. The smallest absolute Gasteiger partial charge is 0.389 e. The monoisotopic (exact) mass is 575 g/mol. The van der Waals surface area contributed by atoms with Crippen molar-refractivity contribution in [3.8, 4) is 10.4 Å². The van der Waals surface area contributed by atoms with E-state index in [4.69, 9.17) is 0 Å². The number of nitrogens with one attached hydrogen (secondary N) is 1. The van der Waals surface area contributed by atoms with E-state index in [1.807, 2.05) is 6.92 Å². The maximum absolute atomic E-state index is 14.3. The molecule has 1 saturated carbocycles. The lowest BCUT2D eigenvalue weighted by Crippen LogP contribution is -2.46. The number of alkyl halides is 5. The van der Waals surface area contributed by atoms with Crippen LogP contribution >= 0.6 is 11.3 Å². The van der Waals surface area contributed by atoms with Crippen LogP contribution in [-0.2, 0) is 0 Å². The Balaban J connectivity index is 1.78. The Morgan fingerprint density at radius 1 is 1.31 bits per heavy atom. The lowest BCUT2D eigenvalue weighted by atomic mass is 10.1. The molecule has 1 atom stereocenters. The Morgan fingerprint density at radius 3 is 2.49 bits per heavy atom. The van der Waals surface area contributed by atoms with Crippen LogP contribution < -0.4 is 10.2 Å². The number of carbonyl (C=O) groups is 2. The van der Waals surface area contributed by atoms with E-state index in [1.165, 1.54) is 20.9 Å². The number of anilines is 1. The lowest BCUT2D eigenvalue weighted by molar-refractivity contribution is -0.157. The summed E-state index contributed by atoms with van der Waals surface area (Å²) < 4.78 is 69.6. The van der Waals surface area contributed by atoms with Crippen molar-refractivity contribution in [1.82, 2.24) is 20.2 Å².